The van der Waals surface area contributed by atoms with Gasteiger partial charge in [-0.3, -0.25) is 4.68 Å². The Labute approximate surface area is 108 Å². The first kappa shape index (κ1) is 15.7. The van der Waals surface area contributed by atoms with Crippen LogP contribution in [0.25, 0.3) is 5.69 Å². The Morgan fingerprint density at radius 1 is 1.24 bits per heavy atom. The van der Waals surface area contributed by atoms with Gasteiger partial charge in [0.25, 0.3) is 0 Å². The summed E-state index contributed by atoms with van der Waals surface area (Å²) >= 11 is 5.69. The van der Waals surface area contributed by atoms with Crippen LogP contribution in [0.2, 0.25) is 5.15 Å². The van der Waals surface area contributed by atoms with E-state index in [-0.39, 0.29) is 0 Å². The quantitative estimate of drug-likeness (QED) is 0.819. The van der Waals surface area contributed by atoms with Crippen LogP contribution in [0.15, 0.2) is 24.7 Å². The van der Waals surface area contributed by atoms with E-state index in [9.17, 15) is 0 Å². The molecule has 4 nitrogen and oxygen atoms in total. The molecule has 0 aliphatic rings. The smallest absolute Gasteiger partial charge is 0.151 e. The lowest BCUT2D eigenvalue weighted by Gasteiger charge is -1.93. The van der Waals surface area contributed by atoms with Crippen molar-refractivity contribution in [3.05, 3.63) is 29.8 Å². The summed E-state index contributed by atoms with van der Waals surface area (Å²) < 4.78 is 3.53. The van der Waals surface area contributed by atoms with E-state index >= 15 is 0 Å². The molecule has 2 rings (SSSR count). The van der Waals surface area contributed by atoms with E-state index in [1.807, 2.05) is 45.5 Å². The average molecular weight is 257 g/mol. The summed E-state index contributed by atoms with van der Waals surface area (Å²) in [6.45, 7) is 10.9. The predicted octanol–water partition coefficient (Wildman–Crippen LogP) is 3.79. The van der Waals surface area contributed by atoms with Crippen molar-refractivity contribution in [3.63, 3.8) is 0 Å². The van der Waals surface area contributed by atoms with Crippen LogP contribution in [0, 0.1) is 0 Å². The molecule has 0 fully saturated rings. The molecule has 0 aliphatic carbocycles. The zero-order valence-electron chi connectivity index (χ0n) is 11.2. The summed E-state index contributed by atoms with van der Waals surface area (Å²) in [7, 11) is 0. The van der Waals surface area contributed by atoms with Gasteiger partial charge in [0.05, 0.1) is 12.4 Å². The van der Waals surface area contributed by atoms with Crippen LogP contribution in [0.4, 0.5) is 0 Å². The zero-order chi connectivity index (χ0) is 13.3. The second kappa shape index (κ2) is 8.82. The van der Waals surface area contributed by atoms with Crippen LogP contribution >= 0.6 is 11.6 Å². The number of aryl methyl sites for hydroxylation is 1. The Morgan fingerprint density at radius 2 is 1.88 bits per heavy atom. The number of hydrogen-bond donors (Lipinski definition) is 0. The van der Waals surface area contributed by atoms with Gasteiger partial charge in [0, 0.05) is 12.7 Å². The van der Waals surface area contributed by atoms with Crippen molar-refractivity contribution in [2.24, 2.45) is 0 Å². The van der Waals surface area contributed by atoms with Gasteiger partial charge in [-0.2, -0.15) is 10.2 Å². The highest BCUT2D eigenvalue weighted by molar-refractivity contribution is 6.29. The third-order valence-corrected chi connectivity index (χ3v) is 1.97. The fourth-order valence-electron chi connectivity index (χ4n) is 1.09. The molecule has 2 aromatic rings. The second-order valence-corrected chi connectivity index (χ2v) is 3.02. The Morgan fingerprint density at radius 3 is 2.29 bits per heavy atom. The molecule has 2 aromatic heterocycles. The first-order valence-electron chi connectivity index (χ1n) is 6.03. The van der Waals surface area contributed by atoms with E-state index in [2.05, 4.69) is 10.2 Å². The number of hydrogen-bond acceptors (Lipinski definition) is 2. The van der Waals surface area contributed by atoms with Crippen molar-refractivity contribution >= 4 is 11.6 Å². The Balaban J connectivity index is 0.000000581. The predicted molar refractivity (Wildman–Crippen MR) is 72.7 cm³/mol. The van der Waals surface area contributed by atoms with Crippen molar-refractivity contribution < 1.29 is 0 Å². The van der Waals surface area contributed by atoms with E-state index in [4.69, 9.17) is 11.6 Å². The first-order valence-corrected chi connectivity index (χ1v) is 6.41. The minimum absolute atomic E-state index is 0.490. The molecule has 0 amide bonds. The van der Waals surface area contributed by atoms with Crippen LogP contribution in [0.1, 0.15) is 34.6 Å². The lowest BCUT2D eigenvalue weighted by Crippen LogP contribution is -1.94. The molecule has 0 spiro atoms. The third-order valence-electron chi connectivity index (χ3n) is 1.76. The highest BCUT2D eigenvalue weighted by Gasteiger charge is 2.01. The molecular weight excluding hydrogens is 236 g/mol. The maximum absolute atomic E-state index is 5.69. The van der Waals surface area contributed by atoms with E-state index in [1.54, 1.807) is 23.1 Å². The van der Waals surface area contributed by atoms with Gasteiger partial charge in [0.1, 0.15) is 5.69 Å². The molecule has 96 valence electrons. The monoisotopic (exact) mass is 256 g/mol. The Hall–Kier alpha value is -1.29. The zero-order valence-corrected chi connectivity index (χ0v) is 11.9. The summed E-state index contributed by atoms with van der Waals surface area (Å²) in [6.07, 6.45) is 5.48. The number of halogens is 1. The van der Waals surface area contributed by atoms with Crippen LogP contribution in [-0.2, 0) is 6.54 Å². The molecule has 0 N–H and O–H groups in total. The number of aromatic nitrogens is 4. The first-order chi connectivity index (χ1) is 8.29. The molecule has 0 saturated carbocycles. The van der Waals surface area contributed by atoms with Gasteiger partial charge in [-0.05, 0) is 13.0 Å². The van der Waals surface area contributed by atoms with Crippen LogP contribution in [0.3, 0.4) is 0 Å². The van der Waals surface area contributed by atoms with Gasteiger partial charge in [-0.1, -0.05) is 39.3 Å². The molecular formula is C12H21ClN4. The van der Waals surface area contributed by atoms with E-state index in [0.29, 0.717) is 5.15 Å². The van der Waals surface area contributed by atoms with Gasteiger partial charge < -0.3 is 0 Å². The molecule has 5 heteroatoms. The van der Waals surface area contributed by atoms with Gasteiger partial charge in [0.15, 0.2) is 5.15 Å². The van der Waals surface area contributed by atoms with Crippen molar-refractivity contribution in [2.75, 3.05) is 0 Å². The molecule has 0 radical (unpaired) electrons. The van der Waals surface area contributed by atoms with Crippen LogP contribution < -0.4 is 0 Å². The lowest BCUT2D eigenvalue weighted by molar-refractivity contribution is 0.659. The molecule has 0 aliphatic heterocycles. The van der Waals surface area contributed by atoms with Crippen molar-refractivity contribution in [1.82, 2.24) is 19.6 Å². The molecule has 0 aromatic carbocycles. The third kappa shape index (κ3) is 4.61. The van der Waals surface area contributed by atoms with Crippen molar-refractivity contribution in [1.29, 1.82) is 0 Å². The minimum atomic E-state index is 0.490. The van der Waals surface area contributed by atoms with Crippen LogP contribution in [0.5, 0.6) is 0 Å². The van der Waals surface area contributed by atoms with Gasteiger partial charge >= 0.3 is 0 Å². The van der Waals surface area contributed by atoms with Gasteiger partial charge in [-0.25, -0.2) is 4.68 Å². The van der Waals surface area contributed by atoms with Crippen molar-refractivity contribution in [2.45, 2.75) is 41.2 Å². The number of rotatable bonds is 2. The maximum Gasteiger partial charge on any atom is 0.151 e. The van der Waals surface area contributed by atoms with Crippen molar-refractivity contribution in [3.8, 4) is 5.69 Å². The van der Waals surface area contributed by atoms with E-state index < -0.39 is 0 Å². The van der Waals surface area contributed by atoms with E-state index in [1.165, 1.54) is 0 Å². The lowest BCUT2D eigenvalue weighted by atomic mass is 10.6. The standard InChI is InChI=1S/C8H9ClN4.2C2H6/c1-2-12-6-7(5-10-12)13-4-3-8(9)11-13;2*1-2/h3-6H,2H2,1H3;2*1-2H3. The molecule has 0 atom stereocenters. The van der Waals surface area contributed by atoms with E-state index in [0.717, 1.165) is 12.2 Å². The molecule has 0 unspecified atom stereocenters. The fourth-order valence-corrected chi connectivity index (χ4v) is 1.23. The maximum atomic E-state index is 5.69. The summed E-state index contributed by atoms with van der Waals surface area (Å²) in [5, 5.41) is 8.68. The Bertz CT molecular complexity index is 406. The largest absolute Gasteiger partial charge is 0.271 e. The number of nitrogens with zero attached hydrogens (tertiary/aromatic N) is 4. The minimum Gasteiger partial charge on any atom is -0.271 e. The summed E-state index contributed by atoms with van der Waals surface area (Å²) in [6, 6.07) is 1.74. The van der Waals surface area contributed by atoms with Gasteiger partial charge in [0.2, 0.25) is 0 Å². The normalized spacial score (nSPS) is 8.82. The average Bonchev–Trinajstić information content (AvgIpc) is 3.02. The summed E-state index contributed by atoms with van der Waals surface area (Å²) in [4.78, 5) is 0. The second-order valence-electron chi connectivity index (χ2n) is 2.64. The summed E-state index contributed by atoms with van der Waals surface area (Å²) in [5.74, 6) is 0. The molecule has 2 heterocycles. The SMILES string of the molecule is CC.CC.CCn1cc(-n2ccc(Cl)n2)cn1. The Kier molecular flexibility index (Phi) is 8.15. The summed E-state index contributed by atoms with van der Waals surface area (Å²) in [5.41, 5.74) is 0.925. The topological polar surface area (TPSA) is 35.6 Å². The van der Waals surface area contributed by atoms with Gasteiger partial charge in [-0.15, -0.1) is 0 Å². The molecule has 0 bridgehead atoms. The van der Waals surface area contributed by atoms with Crippen LogP contribution in [-0.4, -0.2) is 19.6 Å². The molecule has 0 saturated heterocycles. The fraction of sp³-hybridized carbons (Fsp3) is 0.500. The molecule has 17 heavy (non-hydrogen) atoms. The highest BCUT2D eigenvalue weighted by atomic mass is 35.5. The highest BCUT2D eigenvalue weighted by Crippen LogP contribution is 2.09.